The number of ether oxygens (including phenoxy) is 1. The number of methoxy groups -OCH3 is 1. The van der Waals surface area contributed by atoms with Gasteiger partial charge in [-0.1, -0.05) is 30.3 Å². The summed E-state index contributed by atoms with van der Waals surface area (Å²) in [5, 5.41) is 10.3. The summed E-state index contributed by atoms with van der Waals surface area (Å²) in [7, 11) is 1.47. The number of pyridine rings is 1. The molecule has 3 aromatic rings. The highest BCUT2D eigenvalue weighted by Crippen LogP contribution is 2.28. The number of rotatable bonds is 6. The number of aryl methyl sites for hydroxylation is 1. The standard InChI is InChI=1S/C22H24N6O3/c1-14-8-16(10-23-9-14)22(30)28-11-17(18(12-28)24-19(29)13-31-2)21-25-20(26-27-21)15-6-4-3-5-7-15/h3-10,17-18H,11-13H2,1-2H3,(H,24,29)(H,25,26,27)/t17-,18-/m1/s1. The Hall–Kier alpha value is -3.59. The number of benzene rings is 1. The van der Waals surface area contributed by atoms with Crippen molar-refractivity contribution in [2.75, 3.05) is 26.8 Å². The van der Waals surface area contributed by atoms with Crippen LogP contribution in [0.15, 0.2) is 48.8 Å². The molecule has 160 valence electrons. The van der Waals surface area contributed by atoms with E-state index >= 15 is 0 Å². The van der Waals surface area contributed by atoms with Gasteiger partial charge in [0.05, 0.1) is 17.5 Å². The molecule has 0 bridgehead atoms. The first-order chi connectivity index (χ1) is 15.0. The number of carbonyl (C=O) groups excluding carboxylic acids is 2. The third-order valence-electron chi connectivity index (χ3n) is 5.24. The van der Waals surface area contributed by atoms with Gasteiger partial charge in [0.15, 0.2) is 5.82 Å². The lowest BCUT2D eigenvalue weighted by atomic mass is 10.0. The number of hydrogen-bond acceptors (Lipinski definition) is 6. The molecule has 0 unspecified atom stereocenters. The largest absolute Gasteiger partial charge is 0.375 e. The maximum absolute atomic E-state index is 13.1. The maximum Gasteiger partial charge on any atom is 0.255 e. The fourth-order valence-electron chi connectivity index (χ4n) is 3.78. The van der Waals surface area contributed by atoms with Gasteiger partial charge in [0.1, 0.15) is 12.4 Å². The van der Waals surface area contributed by atoms with E-state index in [4.69, 9.17) is 4.74 Å². The van der Waals surface area contributed by atoms with Gasteiger partial charge in [-0.2, -0.15) is 5.10 Å². The molecule has 1 saturated heterocycles. The molecule has 31 heavy (non-hydrogen) atoms. The molecule has 4 rings (SSSR count). The number of amides is 2. The Morgan fingerprint density at radius 1 is 1.23 bits per heavy atom. The molecular weight excluding hydrogens is 396 g/mol. The van der Waals surface area contributed by atoms with Crippen LogP contribution in [-0.2, 0) is 9.53 Å². The Labute approximate surface area is 179 Å². The topological polar surface area (TPSA) is 113 Å². The molecule has 2 aromatic heterocycles. The van der Waals surface area contributed by atoms with Gasteiger partial charge in [-0.25, -0.2) is 4.98 Å². The average molecular weight is 420 g/mol. The van der Waals surface area contributed by atoms with E-state index in [0.717, 1.165) is 11.1 Å². The van der Waals surface area contributed by atoms with Crippen molar-refractivity contribution in [2.24, 2.45) is 0 Å². The predicted octanol–water partition coefficient (Wildman–Crippen LogP) is 1.55. The number of H-pyrrole nitrogens is 1. The summed E-state index contributed by atoms with van der Waals surface area (Å²) in [6.07, 6.45) is 3.26. The van der Waals surface area contributed by atoms with E-state index in [-0.39, 0.29) is 30.4 Å². The highest BCUT2D eigenvalue weighted by Gasteiger charge is 2.39. The molecule has 3 heterocycles. The van der Waals surface area contributed by atoms with Crippen molar-refractivity contribution in [3.05, 3.63) is 65.7 Å². The van der Waals surface area contributed by atoms with Crippen LogP contribution in [0, 0.1) is 6.92 Å². The van der Waals surface area contributed by atoms with Crippen LogP contribution < -0.4 is 5.32 Å². The zero-order valence-corrected chi connectivity index (χ0v) is 17.4. The first kappa shape index (κ1) is 20.7. The van der Waals surface area contributed by atoms with E-state index in [2.05, 4.69) is 25.5 Å². The van der Waals surface area contributed by atoms with E-state index in [1.165, 1.54) is 7.11 Å². The van der Waals surface area contributed by atoms with E-state index < -0.39 is 0 Å². The Morgan fingerprint density at radius 2 is 2.03 bits per heavy atom. The second-order valence-electron chi connectivity index (χ2n) is 7.58. The third-order valence-corrected chi connectivity index (χ3v) is 5.24. The Morgan fingerprint density at radius 3 is 2.77 bits per heavy atom. The monoisotopic (exact) mass is 420 g/mol. The normalized spacial score (nSPS) is 18.2. The summed E-state index contributed by atoms with van der Waals surface area (Å²) >= 11 is 0. The Balaban J connectivity index is 1.58. The van der Waals surface area contributed by atoms with Crippen LogP contribution in [0.25, 0.3) is 11.4 Å². The molecule has 1 aromatic carbocycles. The van der Waals surface area contributed by atoms with Crippen LogP contribution in [0.5, 0.6) is 0 Å². The fourth-order valence-corrected chi connectivity index (χ4v) is 3.78. The summed E-state index contributed by atoms with van der Waals surface area (Å²) in [4.78, 5) is 35.7. The van der Waals surface area contributed by atoms with Crippen LogP contribution in [0.2, 0.25) is 0 Å². The van der Waals surface area contributed by atoms with Gasteiger partial charge in [-0.05, 0) is 18.6 Å². The first-order valence-corrected chi connectivity index (χ1v) is 10.0. The van der Waals surface area contributed by atoms with Crippen molar-refractivity contribution < 1.29 is 14.3 Å². The van der Waals surface area contributed by atoms with Crippen molar-refractivity contribution in [3.63, 3.8) is 0 Å². The van der Waals surface area contributed by atoms with Crippen LogP contribution in [-0.4, -0.2) is 69.7 Å². The fraction of sp³-hybridized carbons (Fsp3) is 0.318. The van der Waals surface area contributed by atoms with Gasteiger partial charge in [0.2, 0.25) is 5.91 Å². The molecule has 2 amide bonds. The highest BCUT2D eigenvalue weighted by molar-refractivity contribution is 5.94. The maximum atomic E-state index is 13.1. The molecule has 0 spiro atoms. The smallest absolute Gasteiger partial charge is 0.255 e. The highest BCUT2D eigenvalue weighted by atomic mass is 16.5. The van der Waals surface area contributed by atoms with Crippen LogP contribution >= 0.6 is 0 Å². The summed E-state index contributed by atoms with van der Waals surface area (Å²) in [6, 6.07) is 11.1. The molecule has 0 radical (unpaired) electrons. The zero-order valence-electron chi connectivity index (χ0n) is 17.4. The second-order valence-corrected chi connectivity index (χ2v) is 7.58. The van der Waals surface area contributed by atoms with Gasteiger partial charge >= 0.3 is 0 Å². The number of aromatic amines is 1. The summed E-state index contributed by atoms with van der Waals surface area (Å²) in [6.45, 7) is 2.59. The molecule has 1 aliphatic heterocycles. The van der Waals surface area contributed by atoms with Gasteiger partial charge in [-0.15, -0.1) is 0 Å². The van der Waals surface area contributed by atoms with Gasteiger partial charge in [-0.3, -0.25) is 19.7 Å². The Bertz CT molecular complexity index is 1070. The summed E-state index contributed by atoms with van der Waals surface area (Å²) in [5.74, 6) is 0.594. The minimum atomic E-state index is -0.319. The lowest BCUT2D eigenvalue weighted by molar-refractivity contribution is -0.125. The quantitative estimate of drug-likeness (QED) is 0.626. The third kappa shape index (κ3) is 4.61. The van der Waals surface area contributed by atoms with Gasteiger partial charge < -0.3 is 15.0 Å². The Kier molecular flexibility index (Phi) is 6.03. The van der Waals surface area contributed by atoms with Crippen molar-refractivity contribution in [2.45, 2.75) is 18.9 Å². The number of carbonyl (C=O) groups is 2. The lowest BCUT2D eigenvalue weighted by Crippen LogP contribution is -2.42. The number of nitrogens with one attached hydrogen (secondary N) is 2. The van der Waals surface area contributed by atoms with Crippen LogP contribution in [0.3, 0.4) is 0 Å². The minimum absolute atomic E-state index is 0.0510. The molecular formula is C22H24N6O3. The van der Waals surface area contributed by atoms with E-state index in [0.29, 0.717) is 30.3 Å². The van der Waals surface area contributed by atoms with Gasteiger partial charge in [0, 0.05) is 38.2 Å². The first-order valence-electron chi connectivity index (χ1n) is 10.0. The second kappa shape index (κ2) is 9.05. The van der Waals surface area contributed by atoms with E-state index in [9.17, 15) is 9.59 Å². The molecule has 1 fully saturated rings. The molecule has 0 aliphatic carbocycles. The zero-order chi connectivity index (χ0) is 21.8. The molecule has 9 heteroatoms. The SMILES string of the molecule is COCC(=O)N[C@@H]1CN(C(=O)c2cncc(C)c2)C[C@H]1c1nc(-c2ccccc2)n[nH]1. The molecule has 9 nitrogen and oxygen atoms in total. The number of nitrogens with zero attached hydrogens (tertiary/aromatic N) is 4. The molecule has 0 saturated carbocycles. The predicted molar refractivity (Wildman–Crippen MR) is 113 cm³/mol. The minimum Gasteiger partial charge on any atom is -0.375 e. The summed E-state index contributed by atoms with van der Waals surface area (Å²) < 4.78 is 4.94. The van der Waals surface area contributed by atoms with Crippen molar-refractivity contribution >= 4 is 11.8 Å². The summed E-state index contributed by atoms with van der Waals surface area (Å²) in [5.41, 5.74) is 2.32. The van der Waals surface area contributed by atoms with Crippen molar-refractivity contribution in [3.8, 4) is 11.4 Å². The number of likely N-dealkylation sites (tertiary alicyclic amines) is 1. The van der Waals surface area contributed by atoms with Crippen molar-refractivity contribution in [1.29, 1.82) is 0 Å². The number of aromatic nitrogens is 4. The van der Waals surface area contributed by atoms with E-state index in [1.54, 1.807) is 17.3 Å². The molecule has 2 N–H and O–H groups in total. The number of hydrogen-bond donors (Lipinski definition) is 2. The molecule has 1 aliphatic rings. The average Bonchev–Trinajstić information content (AvgIpc) is 3.41. The van der Waals surface area contributed by atoms with E-state index in [1.807, 2.05) is 43.3 Å². The van der Waals surface area contributed by atoms with Crippen molar-refractivity contribution in [1.82, 2.24) is 30.4 Å². The molecule has 2 atom stereocenters. The van der Waals surface area contributed by atoms with Crippen LogP contribution in [0.1, 0.15) is 27.7 Å². The van der Waals surface area contributed by atoms with Crippen LogP contribution in [0.4, 0.5) is 0 Å². The lowest BCUT2D eigenvalue weighted by Gasteiger charge is -2.17. The van der Waals surface area contributed by atoms with Gasteiger partial charge in [0.25, 0.3) is 5.91 Å².